The predicted molar refractivity (Wildman–Crippen MR) is 68.9 cm³/mol. The zero-order valence-electron chi connectivity index (χ0n) is 9.24. The molecule has 1 fully saturated rings. The van der Waals surface area contributed by atoms with Crippen LogP contribution in [0.5, 0.6) is 0 Å². The monoisotopic (exact) mass is 302 g/mol. The Kier molecular flexibility index (Phi) is 4.16. The summed E-state index contributed by atoms with van der Waals surface area (Å²) in [4.78, 5) is 13.2. The molecule has 0 amide bonds. The molecule has 16 heavy (non-hydrogen) atoms. The number of carbonyl (C=O) groups is 1. The zero-order valence-corrected chi connectivity index (χ0v) is 11.6. The molecule has 0 aliphatic carbocycles. The molecule has 4 heteroatoms. The fourth-order valence-electron chi connectivity index (χ4n) is 2.17. The van der Waals surface area contributed by atoms with Crippen LogP contribution >= 0.6 is 27.3 Å². The molecule has 1 saturated heterocycles. The van der Waals surface area contributed by atoms with Crippen molar-refractivity contribution < 1.29 is 9.53 Å². The number of Topliss-reactive ketones (excluding diaryl/α,β-unsaturated/α-hetero) is 1. The minimum Gasteiger partial charge on any atom is -0.377 e. The molecule has 0 aromatic carbocycles. The van der Waals surface area contributed by atoms with Crippen molar-refractivity contribution in [3.05, 3.63) is 20.8 Å². The van der Waals surface area contributed by atoms with E-state index in [1.807, 2.05) is 12.1 Å². The fourth-order valence-corrected chi connectivity index (χ4v) is 3.66. The van der Waals surface area contributed by atoms with E-state index in [1.54, 1.807) is 11.3 Å². The zero-order chi connectivity index (χ0) is 11.5. The topological polar surface area (TPSA) is 26.3 Å². The van der Waals surface area contributed by atoms with Gasteiger partial charge in [-0.1, -0.05) is 6.92 Å². The SMILES string of the molecule is CCC1OCCC1C(=O)Cc1ccc(Br)s1. The molecule has 0 spiro atoms. The number of halogens is 1. The van der Waals surface area contributed by atoms with Gasteiger partial charge in [0, 0.05) is 23.8 Å². The van der Waals surface area contributed by atoms with Gasteiger partial charge in [0.15, 0.2) is 0 Å². The Balaban J connectivity index is 1.97. The molecule has 2 rings (SSSR count). The second-order valence-corrected chi connectivity index (χ2v) is 6.61. The highest BCUT2D eigenvalue weighted by atomic mass is 79.9. The van der Waals surface area contributed by atoms with Gasteiger partial charge in [0.1, 0.15) is 5.78 Å². The van der Waals surface area contributed by atoms with E-state index >= 15 is 0 Å². The van der Waals surface area contributed by atoms with Gasteiger partial charge in [0.05, 0.1) is 9.89 Å². The van der Waals surface area contributed by atoms with Crippen molar-refractivity contribution in [3.63, 3.8) is 0 Å². The molecule has 0 bridgehead atoms. The third-order valence-corrected chi connectivity index (χ3v) is 4.63. The number of ether oxygens (including phenoxy) is 1. The molecule has 2 nitrogen and oxygen atoms in total. The Morgan fingerprint density at radius 2 is 2.44 bits per heavy atom. The molecule has 0 radical (unpaired) electrons. The Morgan fingerprint density at radius 1 is 1.62 bits per heavy atom. The molecular formula is C12H15BrO2S. The summed E-state index contributed by atoms with van der Waals surface area (Å²) in [5, 5.41) is 0. The van der Waals surface area contributed by atoms with Gasteiger partial charge in [-0.25, -0.2) is 0 Å². The summed E-state index contributed by atoms with van der Waals surface area (Å²) in [6.07, 6.45) is 2.53. The number of hydrogen-bond acceptors (Lipinski definition) is 3. The predicted octanol–water partition coefficient (Wildman–Crippen LogP) is 3.44. The molecule has 1 aromatic heterocycles. The normalized spacial score (nSPS) is 24.9. The second kappa shape index (κ2) is 5.43. The van der Waals surface area contributed by atoms with Gasteiger partial charge < -0.3 is 4.74 Å². The van der Waals surface area contributed by atoms with Crippen LogP contribution in [0.3, 0.4) is 0 Å². The van der Waals surface area contributed by atoms with Crippen LogP contribution in [0.15, 0.2) is 15.9 Å². The average molecular weight is 303 g/mol. The van der Waals surface area contributed by atoms with Crippen LogP contribution in [0.1, 0.15) is 24.6 Å². The Labute approximate surface area is 108 Å². The number of carbonyl (C=O) groups excluding carboxylic acids is 1. The first-order valence-electron chi connectivity index (χ1n) is 5.59. The maximum atomic E-state index is 12.1. The minimum atomic E-state index is 0.117. The third kappa shape index (κ3) is 2.73. The molecule has 0 saturated carbocycles. The van der Waals surface area contributed by atoms with Crippen LogP contribution in [-0.4, -0.2) is 18.5 Å². The lowest BCUT2D eigenvalue weighted by Crippen LogP contribution is -2.24. The lowest BCUT2D eigenvalue weighted by molar-refractivity contribution is -0.123. The summed E-state index contributed by atoms with van der Waals surface area (Å²) in [5.41, 5.74) is 0. The van der Waals surface area contributed by atoms with Crippen molar-refractivity contribution >= 4 is 33.0 Å². The molecule has 1 aliphatic rings. The van der Waals surface area contributed by atoms with Gasteiger partial charge in [-0.3, -0.25) is 4.79 Å². The van der Waals surface area contributed by atoms with Gasteiger partial charge >= 0.3 is 0 Å². The van der Waals surface area contributed by atoms with Crippen molar-refractivity contribution in [2.75, 3.05) is 6.61 Å². The van der Waals surface area contributed by atoms with Gasteiger partial charge in [-0.2, -0.15) is 0 Å². The Hall–Kier alpha value is -0.190. The first-order valence-corrected chi connectivity index (χ1v) is 7.20. The summed E-state index contributed by atoms with van der Waals surface area (Å²) >= 11 is 5.05. The fraction of sp³-hybridized carbons (Fsp3) is 0.583. The van der Waals surface area contributed by atoms with Gasteiger partial charge in [-0.15, -0.1) is 11.3 Å². The van der Waals surface area contributed by atoms with Crippen molar-refractivity contribution in [3.8, 4) is 0 Å². The van der Waals surface area contributed by atoms with Crippen LogP contribution in [0.2, 0.25) is 0 Å². The number of ketones is 1. The second-order valence-electron chi connectivity index (χ2n) is 4.06. The van der Waals surface area contributed by atoms with Crippen LogP contribution < -0.4 is 0 Å². The maximum absolute atomic E-state index is 12.1. The van der Waals surface area contributed by atoms with Crippen LogP contribution in [0.25, 0.3) is 0 Å². The van der Waals surface area contributed by atoms with E-state index in [9.17, 15) is 4.79 Å². The number of thiophene rings is 1. The van der Waals surface area contributed by atoms with E-state index in [2.05, 4.69) is 22.9 Å². The average Bonchev–Trinajstić information content (AvgIpc) is 2.86. The van der Waals surface area contributed by atoms with Gasteiger partial charge in [0.2, 0.25) is 0 Å². The Morgan fingerprint density at radius 3 is 3.06 bits per heavy atom. The summed E-state index contributed by atoms with van der Waals surface area (Å²) < 4.78 is 6.64. The van der Waals surface area contributed by atoms with Crippen molar-refractivity contribution in [2.24, 2.45) is 5.92 Å². The third-order valence-electron chi connectivity index (χ3n) is 3.00. The van der Waals surface area contributed by atoms with Crippen LogP contribution in [-0.2, 0) is 16.0 Å². The van der Waals surface area contributed by atoms with E-state index in [0.29, 0.717) is 12.2 Å². The molecule has 0 N–H and O–H groups in total. The molecule has 1 aliphatic heterocycles. The van der Waals surface area contributed by atoms with Crippen LogP contribution in [0, 0.1) is 5.92 Å². The molecule has 2 heterocycles. The van der Waals surface area contributed by atoms with E-state index < -0.39 is 0 Å². The smallest absolute Gasteiger partial charge is 0.143 e. The summed E-state index contributed by atoms with van der Waals surface area (Å²) in [6.45, 7) is 2.82. The Bertz CT molecular complexity index is 375. The van der Waals surface area contributed by atoms with Crippen LogP contribution in [0.4, 0.5) is 0 Å². The highest BCUT2D eigenvalue weighted by Gasteiger charge is 2.32. The van der Waals surface area contributed by atoms with E-state index in [0.717, 1.165) is 28.1 Å². The standard InChI is InChI=1S/C12H15BrO2S/c1-2-11-9(5-6-15-11)10(14)7-8-3-4-12(13)16-8/h3-4,9,11H,2,5-7H2,1H3. The highest BCUT2D eigenvalue weighted by Crippen LogP contribution is 2.28. The van der Waals surface area contributed by atoms with E-state index in [4.69, 9.17) is 4.74 Å². The first kappa shape index (κ1) is 12.3. The van der Waals surface area contributed by atoms with Gasteiger partial charge in [0.25, 0.3) is 0 Å². The van der Waals surface area contributed by atoms with Crippen molar-refractivity contribution in [1.82, 2.24) is 0 Å². The number of rotatable bonds is 4. The largest absolute Gasteiger partial charge is 0.377 e. The number of hydrogen-bond donors (Lipinski definition) is 0. The highest BCUT2D eigenvalue weighted by molar-refractivity contribution is 9.11. The van der Waals surface area contributed by atoms with Gasteiger partial charge in [-0.05, 0) is 40.9 Å². The lowest BCUT2D eigenvalue weighted by Gasteiger charge is -2.14. The van der Waals surface area contributed by atoms with Crippen molar-refractivity contribution in [1.29, 1.82) is 0 Å². The molecule has 88 valence electrons. The first-order chi connectivity index (χ1) is 7.70. The molecule has 2 unspecified atom stereocenters. The van der Waals surface area contributed by atoms with E-state index in [1.165, 1.54) is 0 Å². The molecular weight excluding hydrogens is 288 g/mol. The lowest BCUT2D eigenvalue weighted by atomic mass is 9.93. The summed E-state index contributed by atoms with van der Waals surface area (Å²) in [6, 6.07) is 4.01. The summed E-state index contributed by atoms with van der Waals surface area (Å²) in [5.74, 6) is 0.449. The van der Waals surface area contributed by atoms with Crippen molar-refractivity contribution in [2.45, 2.75) is 32.3 Å². The van der Waals surface area contributed by atoms with E-state index in [-0.39, 0.29) is 12.0 Å². The molecule has 1 aromatic rings. The molecule has 2 atom stereocenters. The summed E-state index contributed by atoms with van der Waals surface area (Å²) in [7, 11) is 0. The maximum Gasteiger partial charge on any atom is 0.143 e. The quantitative estimate of drug-likeness (QED) is 0.852. The minimum absolute atomic E-state index is 0.117.